The molecule has 4 rings (SSSR count). The Kier molecular flexibility index (Phi) is 3.75. The second kappa shape index (κ2) is 6.06. The van der Waals surface area contributed by atoms with Crippen LogP contribution in [-0.2, 0) is 4.74 Å². The summed E-state index contributed by atoms with van der Waals surface area (Å²) in [6.07, 6.45) is -0.250. The van der Waals surface area contributed by atoms with Crippen molar-refractivity contribution in [1.29, 1.82) is 0 Å². The van der Waals surface area contributed by atoms with Crippen molar-refractivity contribution in [2.24, 2.45) is 0 Å². The van der Waals surface area contributed by atoms with Gasteiger partial charge in [-0.3, -0.25) is 0 Å². The van der Waals surface area contributed by atoms with Gasteiger partial charge in [-0.05, 0) is 36.8 Å². The Hall–Kier alpha value is -2.72. The van der Waals surface area contributed by atoms with Crippen molar-refractivity contribution in [3.05, 3.63) is 72.3 Å². The van der Waals surface area contributed by atoms with Crippen molar-refractivity contribution >= 4 is 21.8 Å². The lowest BCUT2D eigenvalue weighted by Gasteiger charge is -2.23. The van der Waals surface area contributed by atoms with Crippen molar-refractivity contribution in [3.8, 4) is 0 Å². The van der Waals surface area contributed by atoms with Gasteiger partial charge in [0.05, 0.1) is 11.6 Å². The summed E-state index contributed by atoms with van der Waals surface area (Å²) in [6, 6.07) is 22.6. The number of rotatable bonds is 4. The Morgan fingerprint density at radius 1 is 0.875 bits per heavy atom. The van der Waals surface area contributed by atoms with E-state index < -0.39 is 0 Å². The van der Waals surface area contributed by atoms with Crippen LogP contribution in [0.4, 0.5) is 0 Å². The van der Waals surface area contributed by atoms with E-state index >= 15 is 0 Å². The average molecular weight is 317 g/mol. The lowest BCUT2D eigenvalue weighted by molar-refractivity contribution is -0.0155. The fraction of sp³-hybridized carbons (Fsp3) is 0.200. The first-order chi connectivity index (χ1) is 11.7. The molecule has 0 aliphatic carbocycles. The highest BCUT2D eigenvalue weighted by Gasteiger charge is 2.21. The Bertz CT molecular complexity index is 985. The summed E-state index contributed by atoms with van der Waals surface area (Å²) >= 11 is 0. The van der Waals surface area contributed by atoms with Gasteiger partial charge in [0.2, 0.25) is 0 Å². The lowest BCUT2D eigenvalue weighted by Crippen LogP contribution is -2.20. The second-order valence-corrected chi connectivity index (χ2v) is 6.13. The van der Waals surface area contributed by atoms with E-state index in [9.17, 15) is 0 Å². The van der Waals surface area contributed by atoms with Crippen molar-refractivity contribution in [2.75, 3.05) is 0 Å². The molecular weight excluding hydrogens is 298 g/mol. The van der Waals surface area contributed by atoms with E-state index in [1.54, 1.807) is 0 Å². The maximum absolute atomic E-state index is 6.26. The SMILES string of the molecule is CC(C)OC(c1cccc2ccccc12)n1nnc2ccccc21. The zero-order valence-corrected chi connectivity index (χ0v) is 13.8. The fourth-order valence-electron chi connectivity index (χ4n) is 3.05. The van der Waals surface area contributed by atoms with Crippen molar-refractivity contribution in [1.82, 2.24) is 15.0 Å². The lowest BCUT2D eigenvalue weighted by atomic mass is 10.0. The van der Waals surface area contributed by atoms with E-state index in [0.29, 0.717) is 0 Å². The predicted octanol–water partition coefficient (Wildman–Crippen LogP) is 4.56. The summed E-state index contributed by atoms with van der Waals surface area (Å²) in [5.74, 6) is 0. The molecule has 0 fully saturated rings. The maximum Gasteiger partial charge on any atom is 0.179 e. The number of hydrogen-bond acceptors (Lipinski definition) is 3. The molecule has 0 aliphatic heterocycles. The number of benzene rings is 3. The van der Waals surface area contributed by atoms with E-state index in [-0.39, 0.29) is 12.3 Å². The normalized spacial score (nSPS) is 13.0. The van der Waals surface area contributed by atoms with E-state index in [1.807, 2.05) is 42.8 Å². The molecule has 0 spiro atoms. The van der Waals surface area contributed by atoms with Gasteiger partial charge in [-0.25, -0.2) is 4.68 Å². The van der Waals surface area contributed by atoms with Crippen LogP contribution >= 0.6 is 0 Å². The van der Waals surface area contributed by atoms with Gasteiger partial charge in [0.15, 0.2) is 6.23 Å². The van der Waals surface area contributed by atoms with Crippen LogP contribution in [0, 0.1) is 0 Å². The second-order valence-electron chi connectivity index (χ2n) is 6.13. The summed E-state index contributed by atoms with van der Waals surface area (Å²) in [5.41, 5.74) is 2.93. The Morgan fingerprint density at radius 3 is 2.50 bits per heavy atom. The third-order valence-electron chi connectivity index (χ3n) is 4.09. The molecule has 120 valence electrons. The molecule has 1 atom stereocenters. The minimum Gasteiger partial charge on any atom is -0.349 e. The van der Waals surface area contributed by atoms with Gasteiger partial charge in [0.25, 0.3) is 0 Å². The predicted molar refractivity (Wildman–Crippen MR) is 95.8 cm³/mol. The van der Waals surface area contributed by atoms with Crippen molar-refractivity contribution in [3.63, 3.8) is 0 Å². The zero-order valence-electron chi connectivity index (χ0n) is 13.8. The van der Waals surface area contributed by atoms with Crippen LogP contribution in [0.15, 0.2) is 66.7 Å². The molecule has 1 unspecified atom stereocenters. The van der Waals surface area contributed by atoms with Crippen LogP contribution in [0.5, 0.6) is 0 Å². The number of ether oxygens (including phenoxy) is 1. The van der Waals surface area contributed by atoms with E-state index in [1.165, 1.54) is 10.8 Å². The largest absolute Gasteiger partial charge is 0.349 e. The summed E-state index contributed by atoms with van der Waals surface area (Å²) in [4.78, 5) is 0. The Labute approximate surface area is 140 Å². The molecule has 3 aromatic carbocycles. The van der Waals surface area contributed by atoms with Gasteiger partial charge in [-0.2, -0.15) is 0 Å². The quantitative estimate of drug-likeness (QED) is 0.554. The summed E-state index contributed by atoms with van der Waals surface area (Å²) in [7, 11) is 0. The first kappa shape index (κ1) is 14.8. The van der Waals surface area contributed by atoms with Crippen molar-refractivity contribution in [2.45, 2.75) is 26.2 Å². The van der Waals surface area contributed by atoms with Gasteiger partial charge in [0.1, 0.15) is 5.52 Å². The molecule has 0 saturated carbocycles. The van der Waals surface area contributed by atoms with E-state index in [2.05, 4.69) is 52.8 Å². The van der Waals surface area contributed by atoms with Crippen LogP contribution in [0.25, 0.3) is 21.8 Å². The molecule has 4 aromatic rings. The molecule has 1 heterocycles. The van der Waals surface area contributed by atoms with Gasteiger partial charge in [0, 0.05) is 5.56 Å². The first-order valence-corrected chi connectivity index (χ1v) is 8.17. The number of hydrogen-bond donors (Lipinski definition) is 0. The Morgan fingerprint density at radius 2 is 1.62 bits per heavy atom. The van der Waals surface area contributed by atoms with Crippen molar-refractivity contribution < 1.29 is 4.74 Å². The molecular formula is C20H19N3O. The van der Waals surface area contributed by atoms with E-state index in [4.69, 9.17) is 4.74 Å². The molecule has 1 aromatic heterocycles. The zero-order chi connectivity index (χ0) is 16.5. The minimum absolute atomic E-state index is 0.0666. The van der Waals surface area contributed by atoms with Gasteiger partial charge in [-0.15, -0.1) is 5.10 Å². The third kappa shape index (κ3) is 2.55. The van der Waals surface area contributed by atoms with Crippen LogP contribution < -0.4 is 0 Å². The van der Waals surface area contributed by atoms with Crippen LogP contribution in [0.2, 0.25) is 0 Å². The highest BCUT2D eigenvalue weighted by atomic mass is 16.5. The Balaban J connectivity index is 1.94. The molecule has 0 saturated heterocycles. The molecule has 4 nitrogen and oxygen atoms in total. The molecule has 0 bridgehead atoms. The monoisotopic (exact) mass is 317 g/mol. The first-order valence-electron chi connectivity index (χ1n) is 8.17. The fourth-order valence-corrected chi connectivity index (χ4v) is 3.05. The van der Waals surface area contributed by atoms with Gasteiger partial charge < -0.3 is 4.74 Å². The summed E-state index contributed by atoms with van der Waals surface area (Å²) in [6.45, 7) is 4.08. The average Bonchev–Trinajstić information content (AvgIpc) is 3.03. The summed E-state index contributed by atoms with van der Waals surface area (Å²) < 4.78 is 8.13. The van der Waals surface area contributed by atoms with Gasteiger partial charge in [-0.1, -0.05) is 59.8 Å². The highest BCUT2D eigenvalue weighted by molar-refractivity contribution is 5.86. The number of aromatic nitrogens is 3. The molecule has 0 amide bonds. The topological polar surface area (TPSA) is 39.9 Å². The van der Waals surface area contributed by atoms with E-state index in [0.717, 1.165) is 16.6 Å². The molecule has 24 heavy (non-hydrogen) atoms. The molecule has 0 radical (unpaired) electrons. The minimum atomic E-state index is -0.316. The van der Waals surface area contributed by atoms with Crippen LogP contribution in [0.3, 0.4) is 0 Å². The third-order valence-corrected chi connectivity index (χ3v) is 4.09. The maximum atomic E-state index is 6.26. The smallest absolute Gasteiger partial charge is 0.179 e. The van der Waals surface area contributed by atoms with Gasteiger partial charge >= 0.3 is 0 Å². The molecule has 0 N–H and O–H groups in total. The molecule has 4 heteroatoms. The standard InChI is InChI=1S/C20H19N3O/c1-14(2)24-20(23-19-13-6-5-12-18(19)21-22-23)17-11-7-9-15-8-3-4-10-16(15)17/h3-14,20H,1-2H3. The number of nitrogens with zero attached hydrogens (tertiary/aromatic N) is 3. The van der Waals surface area contributed by atoms with Crippen LogP contribution in [0.1, 0.15) is 25.6 Å². The highest BCUT2D eigenvalue weighted by Crippen LogP contribution is 2.30. The number of para-hydroxylation sites is 1. The molecule has 0 aliphatic rings. The summed E-state index contributed by atoms with van der Waals surface area (Å²) in [5, 5.41) is 11.0. The number of fused-ring (bicyclic) bond motifs is 2. The van der Waals surface area contributed by atoms with Crippen LogP contribution in [-0.4, -0.2) is 21.1 Å².